The third-order valence-corrected chi connectivity index (χ3v) is 3.94. The van der Waals surface area contributed by atoms with Crippen LogP contribution < -0.4 is 0 Å². The first-order chi connectivity index (χ1) is 7.67. The Bertz CT molecular complexity index is 137. The van der Waals surface area contributed by atoms with Gasteiger partial charge in [0.15, 0.2) is 0 Å². The smallest absolute Gasteiger partial charge is 0.0363 e. The van der Waals surface area contributed by atoms with Gasteiger partial charge in [0.1, 0.15) is 0 Å². The van der Waals surface area contributed by atoms with E-state index in [0.717, 1.165) is 17.8 Å². The number of hydrogen-bond acceptors (Lipinski definition) is 0. The van der Waals surface area contributed by atoms with Gasteiger partial charge in [-0.1, -0.05) is 79.6 Å². The molecule has 16 heavy (non-hydrogen) atoms. The van der Waals surface area contributed by atoms with Gasteiger partial charge in [0, 0.05) is 0 Å². The second-order valence-electron chi connectivity index (χ2n) is 5.74. The summed E-state index contributed by atoms with van der Waals surface area (Å²) in [6, 6.07) is 0. The molecular weight excluding hydrogens is 192 g/mol. The molecule has 0 heterocycles. The average Bonchev–Trinajstić information content (AvgIpc) is 2.25. The zero-order chi connectivity index (χ0) is 12.4. The van der Waals surface area contributed by atoms with Crippen LogP contribution in [0.3, 0.4) is 0 Å². The molecule has 0 nitrogen and oxygen atoms in total. The van der Waals surface area contributed by atoms with Gasteiger partial charge >= 0.3 is 0 Å². The van der Waals surface area contributed by atoms with Crippen molar-refractivity contribution in [2.75, 3.05) is 0 Å². The van der Waals surface area contributed by atoms with Gasteiger partial charge in [-0.15, -0.1) is 0 Å². The summed E-state index contributed by atoms with van der Waals surface area (Å²) >= 11 is 0. The minimum Gasteiger partial charge on any atom is -0.0654 e. The fraction of sp³-hybridized carbons (Fsp3) is 1.00. The third-order valence-electron chi connectivity index (χ3n) is 3.94. The summed E-state index contributed by atoms with van der Waals surface area (Å²) < 4.78 is 0. The molecule has 0 aliphatic carbocycles. The molecule has 0 N–H and O–H groups in total. The van der Waals surface area contributed by atoms with Crippen molar-refractivity contribution in [2.45, 2.75) is 86.0 Å². The van der Waals surface area contributed by atoms with Crippen molar-refractivity contribution in [3.63, 3.8) is 0 Å². The first-order valence-corrected chi connectivity index (χ1v) is 7.67. The molecule has 0 heteroatoms. The van der Waals surface area contributed by atoms with Crippen molar-refractivity contribution < 1.29 is 0 Å². The van der Waals surface area contributed by atoms with E-state index in [1.165, 1.54) is 51.4 Å². The van der Waals surface area contributed by atoms with E-state index in [4.69, 9.17) is 0 Å². The molecule has 0 spiro atoms. The molecule has 0 aliphatic heterocycles. The average molecular weight is 226 g/mol. The van der Waals surface area contributed by atoms with E-state index >= 15 is 0 Å². The van der Waals surface area contributed by atoms with Gasteiger partial charge in [-0.3, -0.25) is 0 Å². The summed E-state index contributed by atoms with van der Waals surface area (Å²) in [4.78, 5) is 0. The largest absolute Gasteiger partial charge is 0.0654 e. The van der Waals surface area contributed by atoms with Crippen LogP contribution in [0.25, 0.3) is 0 Å². The molecule has 0 fully saturated rings. The van der Waals surface area contributed by atoms with Crippen LogP contribution in [0.1, 0.15) is 86.0 Å². The van der Waals surface area contributed by atoms with Crippen LogP contribution in [0.15, 0.2) is 0 Å². The Hall–Kier alpha value is 0. The maximum Gasteiger partial charge on any atom is -0.0363 e. The summed E-state index contributed by atoms with van der Waals surface area (Å²) in [5.41, 5.74) is 0. The Kier molecular flexibility index (Phi) is 10.2. The van der Waals surface area contributed by atoms with Gasteiger partial charge < -0.3 is 0 Å². The Morgan fingerprint density at radius 1 is 0.688 bits per heavy atom. The lowest BCUT2D eigenvalue weighted by atomic mass is 9.75. The van der Waals surface area contributed by atoms with E-state index in [1.54, 1.807) is 0 Å². The molecule has 0 aliphatic rings. The lowest BCUT2D eigenvalue weighted by Crippen LogP contribution is -2.20. The van der Waals surface area contributed by atoms with Crippen LogP contribution in [-0.2, 0) is 0 Å². The van der Waals surface area contributed by atoms with Gasteiger partial charge in [-0.25, -0.2) is 0 Å². The predicted octanol–water partition coefficient (Wildman–Crippen LogP) is 6.06. The lowest BCUT2D eigenvalue weighted by Gasteiger charge is -2.30. The van der Waals surface area contributed by atoms with Crippen LogP contribution >= 0.6 is 0 Å². The van der Waals surface area contributed by atoms with Gasteiger partial charge in [-0.2, -0.15) is 0 Å². The van der Waals surface area contributed by atoms with Gasteiger partial charge in [0.25, 0.3) is 0 Å². The second-order valence-corrected chi connectivity index (χ2v) is 5.74. The fourth-order valence-electron chi connectivity index (χ4n) is 2.96. The molecule has 0 radical (unpaired) electrons. The molecule has 0 saturated heterocycles. The predicted molar refractivity (Wildman–Crippen MR) is 75.8 cm³/mol. The number of rotatable bonds is 10. The molecule has 0 amide bonds. The van der Waals surface area contributed by atoms with E-state index in [9.17, 15) is 0 Å². The summed E-state index contributed by atoms with van der Waals surface area (Å²) in [5, 5.41) is 0. The zero-order valence-corrected chi connectivity index (χ0v) is 12.4. The summed E-state index contributed by atoms with van der Waals surface area (Å²) in [6.07, 6.45) is 11.3. The molecule has 0 rings (SSSR count). The highest BCUT2D eigenvalue weighted by Gasteiger charge is 2.22. The number of unbranched alkanes of at least 4 members (excludes halogenated alkanes) is 2. The number of hydrogen-bond donors (Lipinski definition) is 0. The van der Waals surface area contributed by atoms with E-state index in [0.29, 0.717) is 0 Å². The highest BCUT2D eigenvalue weighted by Crippen LogP contribution is 2.33. The molecule has 98 valence electrons. The molecule has 0 saturated carbocycles. The minimum absolute atomic E-state index is 0.875. The van der Waals surface area contributed by atoms with Crippen LogP contribution in [0, 0.1) is 17.8 Å². The Morgan fingerprint density at radius 2 is 1.25 bits per heavy atom. The molecule has 2 atom stereocenters. The maximum atomic E-state index is 2.43. The van der Waals surface area contributed by atoms with E-state index in [-0.39, 0.29) is 0 Å². The molecule has 0 aromatic rings. The third kappa shape index (κ3) is 6.55. The standard InChI is InChI=1S/C16H34/c1-6-9-12-15(11-8-3)16(14(4)5)13-10-7-2/h14-16H,6-13H2,1-5H3. The van der Waals surface area contributed by atoms with Crippen molar-refractivity contribution >= 4 is 0 Å². The summed E-state index contributed by atoms with van der Waals surface area (Å²) in [5.74, 6) is 2.85. The van der Waals surface area contributed by atoms with Gasteiger partial charge in [0.05, 0.1) is 0 Å². The van der Waals surface area contributed by atoms with Gasteiger partial charge in [0.2, 0.25) is 0 Å². The van der Waals surface area contributed by atoms with Crippen LogP contribution in [0.4, 0.5) is 0 Å². The van der Waals surface area contributed by atoms with Crippen molar-refractivity contribution in [1.29, 1.82) is 0 Å². The van der Waals surface area contributed by atoms with Crippen molar-refractivity contribution in [3.05, 3.63) is 0 Å². The monoisotopic (exact) mass is 226 g/mol. The Labute approximate surface area is 104 Å². The normalized spacial score (nSPS) is 15.4. The quantitative estimate of drug-likeness (QED) is 0.425. The van der Waals surface area contributed by atoms with E-state index in [2.05, 4.69) is 34.6 Å². The highest BCUT2D eigenvalue weighted by molar-refractivity contribution is 4.73. The Morgan fingerprint density at radius 3 is 1.69 bits per heavy atom. The molecule has 0 bridgehead atoms. The first-order valence-electron chi connectivity index (χ1n) is 7.67. The van der Waals surface area contributed by atoms with Crippen LogP contribution in [-0.4, -0.2) is 0 Å². The topological polar surface area (TPSA) is 0 Å². The fourth-order valence-corrected chi connectivity index (χ4v) is 2.96. The van der Waals surface area contributed by atoms with Crippen molar-refractivity contribution in [1.82, 2.24) is 0 Å². The van der Waals surface area contributed by atoms with Crippen LogP contribution in [0.2, 0.25) is 0 Å². The lowest BCUT2D eigenvalue weighted by molar-refractivity contribution is 0.204. The van der Waals surface area contributed by atoms with E-state index < -0.39 is 0 Å². The molecule has 2 unspecified atom stereocenters. The van der Waals surface area contributed by atoms with Gasteiger partial charge in [-0.05, 0) is 24.2 Å². The van der Waals surface area contributed by atoms with E-state index in [1.807, 2.05) is 0 Å². The first kappa shape index (κ1) is 16.0. The SMILES string of the molecule is CCCCC(CCC)C(CCCC)C(C)C. The highest BCUT2D eigenvalue weighted by atomic mass is 14.3. The minimum atomic E-state index is 0.875. The summed E-state index contributed by atoms with van der Waals surface area (Å²) in [7, 11) is 0. The second kappa shape index (κ2) is 10.2. The molecule has 0 aromatic carbocycles. The van der Waals surface area contributed by atoms with Crippen molar-refractivity contribution in [2.24, 2.45) is 17.8 Å². The van der Waals surface area contributed by atoms with Crippen LogP contribution in [0.5, 0.6) is 0 Å². The molecular formula is C16H34. The summed E-state index contributed by atoms with van der Waals surface area (Å²) in [6.45, 7) is 11.8. The molecule has 0 aromatic heterocycles. The van der Waals surface area contributed by atoms with Crippen molar-refractivity contribution in [3.8, 4) is 0 Å². The maximum absolute atomic E-state index is 2.43. The zero-order valence-electron chi connectivity index (χ0n) is 12.4. The Balaban J connectivity index is 4.26.